The number of hydrogen-bond acceptors (Lipinski definition) is 5. The first kappa shape index (κ1) is 13.3. The van der Waals surface area contributed by atoms with E-state index in [9.17, 15) is 4.79 Å². The molecule has 19 heavy (non-hydrogen) atoms. The van der Waals surface area contributed by atoms with Gasteiger partial charge in [0.2, 0.25) is 5.88 Å². The van der Waals surface area contributed by atoms with Crippen molar-refractivity contribution in [3.8, 4) is 5.88 Å². The number of aromatic nitrogens is 2. The van der Waals surface area contributed by atoms with Crippen LogP contribution in [-0.4, -0.2) is 23.1 Å². The molecule has 100 valence electrons. The highest BCUT2D eigenvalue weighted by atomic mass is 32.1. The molecule has 2 heterocycles. The van der Waals surface area contributed by atoms with E-state index in [-0.39, 0.29) is 6.03 Å². The number of urea groups is 1. The third-order valence-electron chi connectivity index (χ3n) is 2.30. The lowest BCUT2D eigenvalue weighted by Gasteiger charge is -2.06. The van der Waals surface area contributed by atoms with Gasteiger partial charge in [-0.3, -0.25) is 0 Å². The first-order valence-corrected chi connectivity index (χ1v) is 6.51. The number of anilines is 1. The first-order valence-electron chi connectivity index (χ1n) is 5.63. The molecule has 2 rings (SSSR count). The average Bonchev–Trinajstić information content (AvgIpc) is 2.83. The van der Waals surface area contributed by atoms with Crippen molar-refractivity contribution in [3.05, 3.63) is 34.4 Å². The summed E-state index contributed by atoms with van der Waals surface area (Å²) in [4.78, 5) is 19.9. The molecule has 2 amide bonds. The van der Waals surface area contributed by atoms with Crippen LogP contribution in [0, 0.1) is 6.92 Å². The lowest BCUT2D eigenvalue weighted by atomic mass is 10.4. The zero-order chi connectivity index (χ0) is 13.7. The number of ether oxygens (including phenoxy) is 1. The van der Waals surface area contributed by atoms with E-state index in [0.717, 1.165) is 10.7 Å². The molecule has 0 aromatic carbocycles. The van der Waals surface area contributed by atoms with Gasteiger partial charge in [0.15, 0.2) is 0 Å². The summed E-state index contributed by atoms with van der Waals surface area (Å²) in [7, 11) is 1.54. The highest BCUT2D eigenvalue weighted by molar-refractivity contribution is 7.09. The topological polar surface area (TPSA) is 76.1 Å². The molecule has 2 aromatic rings. The summed E-state index contributed by atoms with van der Waals surface area (Å²) in [5, 5.41) is 8.31. The number of thiazole rings is 1. The highest BCUT2D eigenvalue weighted by Gasteiger charge is 2.04. The summed E-state index contributed by atoms with van der Waals surface area (Å²) in [6, 6.07) is 3.11. The van der Waals surface area contributed by atoms with E-state index < -0.39 is 0 Å². The van der Waals surface area contributed by atoms with E-state index >= 15 is 0 Å². The van der Waals surface area contributed by atoms with Crippen LogP contribution in [0.3, 0.4) is 0 Å². The first-order chi connectivity index (χ1) is 9.17. The minimum Gasteiger partial charge on any atom is -0.481 e. The molecule has 2 aromatic heterocycles. The zero-order valence-electron chi connectivity index (χ0n) is 10.6. The second kappa shape index (κ2) is 6.14. The number of rotatable bonds is 4. The number of amides is 2. The van der Waals surface area contributed by atoms with Crippen molar-refractivity contribution in [1.82, 2.24) is 15.3 Å². The van der Waals surface area contributed by atoms with Crippen molar-refractivity contribution in [2.24, 2.45) is 0 Å². The molecule has 0 aliphatic rings. The van der Waals surface area contributed by atoms with E-state index in [1.54, 1.807) is 23.5 Å². The second-order valence-corrected chi connectivity index (χ2v) is 4.82. The highest BCUT2D eigenvalue weighted by Crippen LogP contribution is 2.11. The van der Waals surface area contributed by atoms with Crippen LogP contribution in [0.25, 0.3) is 0 Å². The van der Waals surface area contributed by atoms with Crippen LogP contribution in [0.2, 0.25) is 0 Å². The fourth-order valence-electron chi connectivity index (χ4n) is 1.41. The standard InChI is InChI=1S/C12H14N4O2S/c1-8-15-10(7-19-8)6-14-12(17)16-9-3-4-11(18-2)13-5-9/h3-5,7H,6H2,1-2H3,(H2,14,16,17). The van der Waals surface area contributed by atoms with Gasteiger partial charge in [-0.25, -0.2) is 14.8 Å². The summed E-state index contributed by atoms with van der Waals surface area (Å²) in [6.45, 7) is 2.33. The summed E-state index contributed by atoms with van der Waals surface area (Å²) < 4.78 is 4.94. The Morgan fingerprint density at radius 1 is 1.47 bits per heavy atom. The van der Waals surface area contributed by atoms with Gasteiger partial charge in [-0.05, 0) is 13.0 Å². The summed E-state index contributed by atoms with van der Waals surface area (Å²) in [6.07, 6.45) is 1.53. The van der Waals surface area contributed by atoms with Crippen molar-refractivity contribution < 1.29 is 9.53 Å². The predicted octanol–water partition coefficient (Wildman–Crippen LogP) is 2.18. The quantitative estimate of drug-likeness (QED) is 0.898. The van der Waals surface area contributed by atoms with Gasteiger partial charge >= 0.3 is 6.03 Å². The Bertz CT molecular complexity index is 553. The lowest BCUT2D eigenvalue weighted by Crippen LogP contribution is -2.28. The largest absolute Gasteiger partial charge is 0.481 e. The third kappa shape index (κ3) is 3.92. The molecule has 0 radical (unpaired) electrons. The molecule has 0 atom stereocenters. The number of carbonyl (C=O) groups excluding carboxylic acids is 1. The maximum atomic E-state index is 11.6. The molecule has 0 bridgehead atoms. The number of hydrogen-bond donors (Lipinski definition) is 2. The summed E-state index contributed by atoms with van der Waals surface area (Å²) in [5.74, 6) is 0.504. The minimum absolute atomic E-state index is 0.294. The number of nitrogens with one attached hydrogen (secondary N) is 2. The molecular formula is C12H14N4O2S. The molecular weight excluding hydrogens is 264 g/mol. The van der Waals surface area contributed by atoms with Crippen LogP contribution in [0.4, 0.5) is 10.5 Å². The summed E-state index contributed by atoms with van der Waals surface area (Å²) in [5.41, 5.74) is 1.46. The Kier molecular flexibility index (Phi) is 4.30. The van der Waals surface area contributed by atoms with Crippen molar-refractivity contribution in [1.29, 1.82) is 0 Å². The van der Waals surface area contributed by atoms with Crippen LogP contribution in [0.15, 0.2) is 23.7 Å². The SMILES string of the molecule is COc1ccc(NC(=O)NCc2csc(C)n2)cn1. The normalized spacial score (nSPS) is 10.0. The average molecular weight is 278 g/mol. The molecule has 6 nitrogen and oxygen atoms in total. The zero-order valence-corrected chi connectivity index (χ0v) is 11.5. The maximum absolute atomic E-state index is 11.6. The second-order valence-electron chi connectivity index (χ2n) is 3.75. The Morgan fingerprint density at radius 2 is 2.32 bits per heavy atom. The van der Waals surface area contributed by atoms with E-state index in [1.807, 2.05) is 12.3 Å². The van der Waals surface area contributed by atoms with Gasteiger partial charge in [-0.1, -0.05) is 0 Å². The Hall–Kier alpha value is -2.15. The van der Waals surface area contributed by atoms with Gasteiger partial charge in [-0.2, -0.15) is 0 Å². The Balaban J connectivity index is 1.83. The molecule has 0 aliphatic carbocycles. The van der Waals surface area contributed by atoms with Gasteiger partial charge < -0.3 is 15.4 Å². The van der Waals surface area contributed by atoms with Gasteiger partial charge in [-0.15, -0.1) is 11.3 Å². The smallest absolute Gasteiger partial charge is 0.319 e. The summed E-state index contributed by atoms with van der Waals surface area (Å²) >= 11 is 1.56. The fraction of sp³-hybridized carbons (Fsp3) is 0.250. The van der Waals surface area contributed by atoms with Crippen molar-refractivity contribution >= 4 is 23.1 Å². The van der Waals surface area contributed by atoms with Crippen LogP contribution < -0.4 is 15.4 Å². The van der Waals surface area contributed by atoms with E-state index in [0.29, 0.717) is 18.1 Å². The number of carbonyl (C=O) groups is 1. The minimum atomic E-state index is -0.294. The molecule has 0 fully saturated rings. The molecule has 0 spiro atoms. The maximum Gasteiger partial charge on any atom is 0.319 e. The Morgan fingerprint density at radius 3 is 2.89 bits per heavy atom. The van der Waals surface area contributed by atoms with Crippen LogP contribution in [-0.2, 0) is 6.54 Å². The number of nitrogens with zero attached hydrogens (tertiary/aromatic N) is 2. The van der Waals surface area contributed by atoms with E-state index in [2.05, 4.69) is 20.6 Å². The Labute approximate surface area is 114 Å². The van der Waals surface area contributed by atoms with Gasteiger partial charge in [0.1, 0.15) is 0 Å². The van der Waals surface area contributed by atoms with Crippen molar-refractivity contribution in [3.63, 3.8) is 0 Å². The van der Waals surface area contributed by atoms with Gasteiger partial charge in [0.25, 0.3) is 0 Å². The lowest BCUT2D eigenvalue weighted by molar-refractivity contribution is 0.251. The van der Waals surface area contributed by atoms with E-state index in [4.69, 9.17) is 4.74 Å². The molecule has 0 saturated heterocycles. The molecule has 0 saturated carbocycles. The molecule has 0 aliphatic heterocycles. The monoisotopic (exact) mass is 278 g/mol. The third-order valence-corrected chi connectivity index (χ3v) is 3.12. The number of pyridine rings is 1. The molecule has 0 unspecified atom stereocenters. The predicted molar refractivity (Wildman–Crippen MR) is 73.5 cm³/mol. The number of aryl methyl sites for hydroxylation is 1. The van der Waals surface area contributed by atoms with Gasteiger partial charge in [0.05, 0.1) is 36.2 Å². The number of methoxy groups -OCH3 is 1. The fourth-order valence-corrected chi connectivity index (χ4v) is 2.02. The van der Waals surface area contributed by atoms with Crippen molar-refractivity contribution in [2.75, 3.05) is 12.4 Å². The van der Waals surface area contributed by atoms with Crippen molar-refractivity contribution in [2.45, 2.75) is 13.5 Å². The molecule has 2 N–H and O–H groups in total. The molecule has 7 heteroatoms. The van der Waals surface area contributed by atoms with Crippen LogP contribution >= 0.6 is 11.3 Å². The van der Waals surface area contributed by atoms with Gasteiger partial charge in [0, 0.05) is 11.4 Å². The van der Waals surface area contributed by atoms with E-state index in [1.165, 1.54) is 13.3 Å². The van der Waals surface area contributed by atoms with Crippen LogP contribution in [0.1, 0.15) is 10.7 Å². The van der Waals surface area contributed by atoms with Crippen LogP contribution in [0.5, 0.6) is 5.88 Å².